The summed E-state index contributed by atoms with van der Waals surface area (Å²) in [6.07, 6.45) is 3.98. The van der Waals surface area contributed by atoms with Crippen LogP contribution in [0.15, 0.2) is 84.0 Å². The summed E-state index contributed by atoms with van der Waals surface area (Å²) in [6, 6.07) is 26.7. The van der Waals surface area contributed by atoms with E-state index in [1.807, 2.05) is 54.6 Å². The summed E-state index contributed by atoms with van der Waals surface area (Å²) in [6.45, 7) is 0. The van der Waals surface area contributed by atoms with E-state index in [-0.39, 0.29) is 12.0 Å². The van der Waals surface area contributed by atoms with Crippen molar-refractivity contribution in [2.45, 2.75) is 37.6 Å². The first-order valence-electron chi connectivity index (χ1n) is 11.0. The van der Waals surface area contributed by atoms with Gasteiger partial charge in [-0.25, -0.2) is 0 Å². The molecule has 32 heavy (non-hydrogen) atoms. The Morgan fingerprint density at radius 1 is 1.00 bits per heavy atom. The minimum absolute atomic E-state index is 0.118. The van der Waals surface area contributed by atoms with Gasteiger partial charge in [-0.05, 0) is 55.0 Å². The standard InChI is InChI=1S/C27H28N2O3/c1-32-29-26(21-7-3-2-4-8-21)22-9-5-10-23(19-22)27(17-6-18-27)28-24-14-11-20(12-15-24)13-16-25(30)31/h2-5,7-12,14-15,19,28H,6,13,16-18H2,1H3,(H,30,31). The van der Waals surface area contributed by atoms with Crippen LogP contribution in [0.1, 0.15) is 47.9 Å². The summed E-state index contributed by atoms with van der Waals surface area (Å²) in [7, 11) is 1.57. The fraction of sp³-hybridized carbons (Fsp3) is 0.259. The zero-order chi connectivity index (χ0) is 22.4. The number of nitrogens with one attached hydrogen (secondary N) is 1. The molecule has 3 aromatic carbocycles. The van der Waals surface area contributed by atoms with Gasteiger partial charge < -0.3 is 15.3 Å². The highest BCUT2D eigenvalue weighted by Gasteiger charge is 2.38. The lowest BCUT2D eigenvalue weighted by Crippen LogP contribution is -2.42. The Morgan fingerprint density at radius 2 is 1.72 bits per heavy atom. The van der Waals surface area contributed by atoms with Gasteiger partial charge in [0.25, 0.3) is 0 Å². The molecule has 1 aliphatic rings. The Bertz CT molecular complexity index is 1090. The first-order valence-corrected chi connectivity index (χ1v) is 11.0. The minimum atomic E-state index is -0.771. The quantitative estimate of drug-likeness (QED) is 0.344. The van der Waals surface area contributed by atoms with Gasteiger partial charge in [-0.3, -0.25) is 4.79 Å². The Balaban J connectivity index is 1.58. The van der Waals surface area contributed by atoms with E-state index in [0.29, 0.717) is 6.42 Å². The van der Waals surface area contributed by atoms with Gasteiger partial charge >= 0.3 is 5.97 Å². The summed E-state index contributed by atoms with van der Waals surface area (Å²) in [5, 5.41) is 16.9. The lowest BCUT2D eigenvalue weighted by Gasteiger charge is -2.44. The third kappa shape index (κ3) is 4.83. The zero-order valence-corrected chi connectivity index (χ0v) is 18.3. The fourth-order valence-electron chi connectivity index (χ4n) is 4.22. The molecule has 3 aromatic rings. The smallest absolute Gasteiger partial charge is 0.303 e. The Hall–Kier alpha value is -3.60. The number of rotatable bonds is 9. The molecule has 1 aliphatic carbocycles. The maximum atomic E-state index is 10.8. The number of aryl methyl sites for hydroxylation is 1. The van der Waals surface area contributed by atoms with Crippen molar-refractivity contribution >= 4 is 17.4 Å². The second-order valence-corrected chi connectivity index (χ2v) is 8.22. The van der Waals surface area contributed by atoms with Crippen LogP contribution in [0.2, 0.25) is 0 Å². The van der Waals surface area contributed by atoms with Crippen LogP contribution in [0.25, 0.3) is 0 Å². The largest absolute Gasteiger partial charge is 0.481 e. The van der Waals surface area contributed by atoms with Crippen LogP contribution in [-0.2, 0) is 21.6 Å². The molecule has 1 saturated carbocycles. The van der Waals surface area contributed by atoms with Gasteiger partial charge in [0.05, 0.1) is 5.54 Å². The molecule has 0 saturated heterocycles. The van der Waals surface area contributed by atoms with Crippen LogP contribution >= 0.6 is 0 Å². The van der Waals surface area contributed by atoms with Crippen molar-refractivity contribution in [3.63, 3.8) is 0 Å². The average molecular weight is 429 g/mol. The molecule has 164 valence electrons. The molecule has 0 aliphatic heterocycles. The molecule has 0 heterocycles. The number of carbonyl (C=O) groups is 1. The van der Waals surface area contributed by atoms with E-state index >= 15 is 0 Å². The predicted octanol–water partition coefficient (Wildman–Crippen LogP) is 5.59. The number of oxime groups is 1. The van der Waals surface area contributed by atoms with Crippen LogP contribution in [-0.4, -0.2) is 23.9 Å². The maximum absolute atomic E-state index is 10.8. The fourth-order valence-corrected chi connectivity index (χ4v) is 4.22. The summed E-state index contributed by atoms with van der Waals surface area (Å²) in [4.78, 5) is 16.0. The number of benzene rings is 3. The van der Waals surface area contributed by atoms with Gasteiger partial charge in [-0.1, -0.05) is 65.8 Å². The maximum Gasteiger partial charge on any atom is 0.303 e. The summed E-state index contributed by atoms with van der Waals surface area (Å²) in [5.74, 6) is -0.771. The van der Waals surface area contributed by atoms with E-state index in [1.165, 1.54) is 12.0 Å². The predicted molar refractivity (Wildman–Crippen MR) is 127 cm³/mol. The van der Waals surface area contributed by atoms with Crippen molar-refractivity contribution in [2.75, 3.05) is 12.4 Å². The zero-order valence-electron chi connectivity index (χ0n) is 18.3. The van der Waals surface area contributed by atoms with E-state index in [9.17, 15) is 4.79 Å². The van der Waals surface area contributed by atoms with Gasteiger partial charge in [0, 0.05) is 23.2 Å². The third-order valence-corrected chi connectivity index (χ3v) is 6.09. The lowest BCUT2D eigenvalue weighted by molar-refractivity contribution is -0.136. The van der Waals surface area contributed by atoms with Crippen LogP contribution < -0.4 is 5.32 Å². The third-order valence-electron chi connectivity index (χ3n) is 6.09. The molecule has 0 radical (unpaired) electrons. The number of aliphatic carboxylic acids is 1. The molecule has 5 heteroatoms. The van der Waals surface area contributed by atoms with E-state index < -0.39 is 5.97 Å². The highest BCUT2D eigenvalue weighted by atomic mass is 16.6. The SMILES string of the molecule is CON=C(c1ccccc1)c1cccc(C2(Nc3ccc(CCC(=O)O)cc3)CCC2)c1. The van der Waals surface area contributed by atoms with Crippen LogP contribution in [0.5, 0.6) is 0 Å². The Labute approximate surface area is 188 Å². The van der Waals surface area contributed by atoms with E-state index in [4.69, 9.17) is 9.94 Å². The molecule has 1 fully saturated rings. The van der Waals surface area contributed by atoms with E-state index in [2.05, 4.69) is 34.7 Å². The molecule has 2 N–H and O–H groups in total. The normalized spacial score (nSPS) is 15.0. The molecule has 0 amide bonds. The van der Waals surface area contributed by atoms with Crippen molar-refractivity contribution in [3.05, 3.63) is 101 Å². The molecule has 0 atom stereocenters. The second-order valence-electron chi connectivity index (χ2n) is 8.22. The molecule has 0 bridgehead atoms. The van der Waals surface area contributed by atoms with Gasteiger partial charge in [0.2, 0.25) is 0 Å². The number of carboxylic acid groups (broad SMARTS) is 1. The van der Waals surface area contributed by atoms with Gasteiger partial charge in [-0.2, -0.15) is 0 Å². The van der Waals surface area contributed by atoms with E-state index in [0.717, 1.165) is 40.9 Å². The van der Waals surface area contributed by atoms with Crippen LogP contribution in [0.3, 0.4) is 0 Å². The molecule has 0 spiro atoms. The van der Waals surface area contributed by atoms with Gasteiger partial charge in [-0.15, -0.1) is 0 Å². The van der Waals surface area contributed by atoms with E-state index in [1.54, 1.807) is 7.11 Å². The molecule has 4 rings (SSSR count). The van der Waals surface area contributed by atoms with Gasteiger partial charge in [0.1, 0.15) is 12.8 Å². The topological polar surface area (TPSA) is 70.9 Å². The highest BCUT2D eigenvalue weighted by Crippen LogP contribution is 2.44. The van der Waals surface area contributed by atoms with Crippen LogP contribution in [0, 0.1) is 0 Å². The average Bonchev–Trinajstić information content (AvgIpc) is 2.80. The van der Waals surface area contributed by atoms with Crippen molar-refractivity contribution < 1.29 is 14.7 Å². The summed E-state index contributed by atoms with van der Waals surface area (Å²) in [5.41, 5.74) is 6.04. The summed E-state index contributed by atoms with van der Waals surface area (Å²) < 4.78 is 0. The molecule has 0 aromatic heterocycles. The first-order chi connectivity index (χ1) is 15.6. The molecule has 5 nitrogen and oxygen atoms in total. The number of hydrogen-bond donors (Lipinski definition) is 2. The Morgan fingerprint density at radius 3 is 2.34 bits per heavy atom. The number of anilines is 1. The molecular weight excluding hydrogens is 400 g/mol. The highest BCUT2D eigenvalue weighted by molar-refractivity contribution is 6.12. The lowest BCUT2D eigenvalue weighted by atomic mass is 9.71. The number of hydrogen-bond acceptors (Lipinski definition) is 4. The molecular formula is C27H28N2O3. The van der Waals surface area contributed by atoms with Crippen molar-refractivity contribution in [2.24, 2.45) is 5.16 Å². The van der Waals surface area contributed by atoms with Crippen molar-refractivity contribution in [1.29, 1.82) is 0 Å². The van der Waals surface area contributed by atoms with Gasteiger partial charge in [0.15, 0.2) is 0 Å². The Kier molecular flexibility index (Phi) is 6.55. The minimum Gasteiger partial charge on any atom is -0.481 e. The van der Waals surface area contributed by atoms with Crippen molar-refractivity contribution in [1.82, 2.24) is 0 Å². The number of carboxylic acids is 1. The monoisotopic (exact) mass is 428 g/mol. The molecule has 0 unspecified atom stereocenters. The van der Waals surface area contributed by atoms with Crippen molar-refractivity contribution in [3.8, 4) is 0 Å². The summed E-state index contributed by atoms with van der Waals surface area (Å²) >= 11 is 0. The first kappa shape index (κ1) is 21.6. The van der Waals surface area contributed by atoms with Crippen LogP contribution in [0.4, 0.5) is 5.69 Å². The second kappa shape index (κ2) is 9.69. The number of nitrogens with zero attached hydrogens (tertiary/aromatic N) is 1.